The first-order valence-corrected chi connectivity index (χ1v) is 6.92. The molecule has 4 heteroatoms. The second-order valence-electron chi connectivity index (χ2n) is 4.54. The molecule has 3 nitrogen and oxygen atoms in total. The van der Waals surface area contributed by atoms with E-state index >= 15 is 0 Å². The number of halogens is 1. The predicted molar refractivity (Wildman–Crippen MR) is 67.1 cm³/mol. The van der Waals surface area contributed by atoms with Crippen molar-refractivity contribution in [1.82, 2.24) is 9.78 Å². The number of aliphatic hydroxyl groups is 1. The van der Waals surface area contributed by atoms with Crippen LogP contribution in [0.3, 0.4) is 0 Å². The molecule has 2 rings (SSSR count). The maximum Gasteiger partial charge on any atom is 0.0996 e. The summed E-state index contributed by atoms with van der Waals surface area (Å²) in [5.41, 5.74) is 0.953. The van der Waals surface area contributed by atoms with Crippen LogP contribution < -0.4 is 0 Å². The van der Waals surface area contributed by atoms with Crippen molar-refractivity contribution in [2.75, 3.05) is 0 Å². The van der Waals surface area contributed by atoms with Crippen molar-refractivity contribution in [3.05, 3.63) is 16.4 Å². The highest BCUT2D eigenvalue weighted by Gasteiger charge is 2.27. The fourth-order valence-electron chi connectivity index (χ4n) is 2.59. The molecule has 90 valence electrons. The smallest absolute Gasteiger partial charge is 0.0996 e. The molecule has 0 aromatic carbocycles. The van der Waals surface area contributed by atoms with Gasteiger partial charge >= 0.3 is 0 Å². The van der Waals surface area contributed by atoms with Crippen LogP contribution in [0.25, 0.3) is 0 Å². The molecule has 0 spiro atoms. The quantitative estimate of drug-likeness (QED) is 0.926. The van der Waals surface area contributed by atoms with Gasteiger partial charge in [-0.15, -0.1) is 0 Å². The van der Waals surface area contributed by atoms with E-state index in [0.717, 1.165) is 29.6 Å². The second-order valence-corrected chi connectivity index (χ2v) is 5.39. The number of aryl methyl sites for hydroxylation is 1. The van der Waals surface area contributed by atoms with E-state index in [-0.39, 0.29) is 6.10 Å². The van der Waals surface area contributed by atoms with Crippen molar-refractivity contribution in [2.45, 2.75) is 51.7 Å². The SMILES string of the molecule is CCn1ncc(Br)c1C(O)C1CCCCC1. The lowest BCUT2D eigenvalue weighted by Crippen LogP contribution is -2.19. The summed E-state index contributed by atoms with van der Waals surface area (Å²) in [5.74, 6) is 0.409. The average Bonchev–Trinajstić information content (AvgIpc) is 2.70. The van der Waals surface area contributed by atoms with Crippen molar-refractivity contribution in [3.8, 4) is 0 Å². The standard InChI is InChI=1S/C12H19BrN2O/c1-2-15-11(10(13)8-14-15)12(16)9-6-4-3-5-7-9/h8-9,12,16H,2-7H2,1H3. The van der Waals surface area contributed by atoms with E-state index in [2.05, 4.69) is 28.0 Å². The molecule has 1 aliphatic rings. The molecule has 0 amide bonds. The van der Waals surface area contributed by atoms with Crippen LogP contribution in [0.5, 0.6) is 0 Å². The Hall–Kier alpha value is -0.350. The number of aliphatic hydroxyl groups excluding tert-OH is 1. The monoisotopic (exact) mass is 286 g/mol. The Labute approximate surface area is 105 Å². The van der Waals surface area contributed by atoms with Gasteiger partial charge < -0.3 is 5.11 Å². The van der Waals surface area contributed by atoms with Crippen molar-refractivity contribution in [3.63, 3.8) is 0 Å². The van der Waals surface area contributed by atoms with E-state index < -0.39 is 0 Å². The third-order valence-corrected chi connectivity index (χ3v) is 4.12. The summed E-state index contributed by atoms with van der Waals surface area (Å²) in [6.07, 6.45) is 7.52. The highest BCUT2D eigenvalue weighted by atomic mass is 79.9. The minimum atomic E-state index is -0.364. The zero-order chi connectivity index (χ0) is 11.5. The molecule has 0 aliphatic heterocycles. The summed E-state index contributed by atoms with van der Waals surface area (Å²) in [7, 11) is 0. The molecule has 1 atom stereocenters. The number of aromatic nitrogens is 2. The zero-order valence-corrected chi connectivity index (χ0v) is 11.3. The van der Waals surface area contributed by atoms with E-state index in [1.54, 1.807) is 6.20 Å². The van der Waals surface area contributed by atoms with Crippen LogP contribution in [-0.4, -0.2) is 14.9 Å². The highest BCUT2D eigenvalue weighted by Crippen LogP contribution is 2.36. The molecular formula is C12H19BrN2O. The Morgan fingerprint density at radius 1 is 1.50 bits per heavy atom. The summed E-state index contributed by atoms with van der Waals surface area (Å²) in [6.45, 7) is 2.86. The normalized spacial score (nSPS) is 19.9. The van der Waals surface area contributed by atoms with Gasteiger partial charge in [-0.2, -0.15) is 5.10 Å². The van der Waals surface area contributed by atoms with Crippen LogP contribution in [-0.2, 0) is 6.54 Å². The van der Waals surface area contributed by atoms with Gasteiger partial charge in [0, 0.05) is 6.54 Å². The topological polar surface area (TPSA) is 38.0 Å². The third-order valence-electron chi connectivity index (χ3n) is 3.51. The van der Waals surface area contributed by atoms with Crippen molar-refractivity contribution in [1.29, 1.82) is 0 Å². The summed E-state index contributed by atoms with van der Waals surface area (Å²) >= 11 is 3.48. The van der Waals surface area contributed by atoms with E-state index in [0.29, 0.717) is 5.92 Å². The second kappa shape index (κ2) is 5.32. The van der Waals surface area contributed by atoms with E-state index in [1.807, 2.05) is 4.68 Å². The first kappa shape index (κ1) is 12.1. The molecule has 1 unspecified atom stereocenters. The first-order chi connectivity index (χ1) is 7.74. The van der Waals surface area contributed by atoms with Crippen molar-refractivity contribution < 1.29 is 5.11 Å². The Morgan fingerprint density at radius 3 is 2.81 bits per heavy atom. The van der Waals surface area contributed by atoms with Gasteiger partial charge in [0.15, 0.2) is 0 Å². The van der Waals surface area contributed by atoms with Crippen molar-refractivity contribution >= 4 is 15.9 Å². The average molecular weight is 287 g/mol. The molecular weight excluding hydrogens is 268 g/mol. The van der Waals surface area contributed by atoms with Gasteiger partial charge in [0.2, 0.25) is 0 Å². The first-order valence-electron chi connectivity index (χ1n) is 6.13. The minimum absolute atomic E-state index is 0.364. The molecule has 1 heterocycles. The van der Waals surface area contributed by atoms with Gasteiger partial charge in [-0.3, -0.25) is 4.68 Å². The summed E-state index contributed by atoms with van der Waals surface area (Å²) in [6, 6.07) is 0. The lowest BCUT2D eigenvalue weighted by molar-refractivity contribution is 0.0763. The van der Waals surface area contributed by atoms with Crippen LogP contribution in [0.4, 0.5) is 0 Å². The molecule has 1 aliphatic carbocycles. The summed E-state index contributed by atoms with van der Waals surface area (Å²) in [4.78, 5) is 0. The van der Waals surface area contributed by atoms with Gasteiger partial charge in [-0.05, 0) is 41.6 Å². The maximum absolute atomic E-state index is 10.4. The highest BCUT2D eigenvalue weighted by molar-refractivity contribution is 9.10. The van der Waals surface area contributed by atoms with Gasteiger partial charge in [-0.1, -0.05) is 19.3 Å². The predicted octanol–water partition coefficient (Wildman–Crippen LogP) is 3.28. The van der Waals surface area contributed by atoms with Crippen molar-refractivity contribution in [2.24, 2.45) is 5.92 Å². The molecule has 1 saturated carbocycles. The molecule has 0 bridgehead atoms. The molecule has 0 saturated heterocycles. The van der Waals surface area contributed by atoms with Crippen LogP contribution in [0.1, 0.15) is 50.8 Å². The van der Waals surface area contributed by atoms with Gasteiger partial charge in [-0.25, -0.2) is 0 Å². The molecule has 1 fully saturated rings. The lowest BCUT2D eigenvalue weighted by atomic mass is 9.84. The molecule has 1 N–H and O–H groups in total. The number of nitrogens with zero attached hydrogens (tertiary/aromatic N) is 2. The molecule has 16 heavy (non-hydrogen) atoms. The van der Waals surface area contributed by atoms with Gasteiger partial charge in [0.1, 0.15) is 0 Å². The zero-order valence-electron chi connectivity index (χ0n) is 9.69. The minimum Gasteiger partial charge on any atom is -0.386 e. The van der Waals surface area contributed by atoms with Crippen LogP contribution in [0, 0.1) is 5.92 Å². The Kier molecular flexibility index (Phi) is 4.03. The van der Waals surface area contributed by atoms with Crippen LogP contribution >= 0.6 is 15.9 Å². The molecule has 1 aromatic heterocycles. The largest absolute Gasteiger partial charge is 0.386 e. The van der Waals surface area contributed by atoms with E-state index in [9.17, 15) is 5.11 Å². The number of hydrogen-bond acceptors (Lipinski definition) is 2. The lowest BCUT2D eigenvalue weighted by Gasteiger charge is -2.27. The number of hydrogen-bond donors (Lipinski definition) is 1. The number of rotatable bonds is 3. The summed E-state index contributed by atoms with van der Waals surface area (Å²) in [5, 5.41) is 14.7. The Bertz CT molecular complexity index is 345. The Balaban J connectivity index is 2.18. The fourth-order valence-corrected chi connectivity index (χ4v) is 3.12. The van der Waals surface area contributed by atoms with E-state index in [4.69, 9.17) is 0 Å². The Morgan fingerprint density at radius 2 is 2.19 bits per heavy atom. The third kappa shape index (κ3) is 2.33. The summed E-state index contributed by atoms with van der Waals surface area (Å²) < 4.78 is 2.83. The van der Waals surface area contributed by atoms with Crippen LogP contribution in [0.15, 0.2) is 10.7 Å². The molecule has 1 aromatic rings. The fraction of sp³-hybridized carbons (Fsp3) is 0.750. The van der Waals surface area contributed by atoms with Gasteiger partial charge in [0.25, 0.3) is 0 Å². The molecule has 0 radical (unpaired) electrons. The van der Waals surface area contributed by atoms with Gasteiger partial charge in [0.05, 0.1) is 22.5 Å². The van der Waals surface area contributed by atoms with E-state index in [1.165, 1.54) is 19.3 Å². The maximum atomic E-state index is 10.4. The van der Waals surface area contributed by atoms with Crippen LogP contribution in [0.2, 0.25) is 0 Å².